The number of carbonyl (C=O) groups excluding carboxylic acids is 1. The second-order valence-corrected chi connectivity index (χ2v) is 8.58. The summed E-state index contributed by atoms with van der Waals surface area (Å²) in [6.45, 7) is 3.03. The van der Waals surface area contributed by atoms with Gasteiger partial charge in [0.05, 0.1) is 22.5 Å². The van der Waals surface area contributed by atoms with Crippen LogP contribution in [0, 0.1) is 12.7 Å². The molecular weight excluding hydrogens is 407 g/mol. The summed E-state index contributed by atoms with van der Waals surface area (Å²) in [6.07, 6.45) is 3.57. The van der Waals surface area contributed by atoms with Gasteiger partial charge < -0.3 is 0 Å². The molecule has 0 fully saturated rings. The van der Waals surface area contributed by atoms with Gasteiger partial charge in [0.25, 0.3) is 0 Å². The summed E-state index contributed by atoms with van der Waals surface area (Å²) in [5.41, 5.74) is 1.87. The maximum atomic E-state index is 13.6. The SMILES string of the molecule is Cc1ccc(SCC(=O)N(CCn2cccn2)c2nc3ccc(F)cc3s2)cc1. The number of anilines is 1. The summed E-state index contributed by atoms with van der Waals surface area (Å²) < 4.78 is 16.1. The molecule has 0 atom stereocenters. The maximum Gasteiger partial charge on any atom is 0.239 e. The number of benzene rings is 2. The van der Waals surface area contributed by atoms with Crippen LogP contribution in [0.25, 0.3) is 10.2 Å². The molecular formula is C21H19FN4OS2. The molecule has 0 bridgehead atoms. The third-order valence-electron chi connectivity index (χ3n) is 4.37. The average Bonchev–Trinajstić information content (AvgIpc) is 3.37. The highest BCUT2D eigenvalue weighted by Gasteiger charge is 2.20. The number of fused-ring (bicyclic) bond motifs is 1. The van der Waals surface area contributed by atoms with Crippen LogP contribution in [-0.4, -0.2) is 33.0 Å². The van der Waals surface area contributed by atoms with Crippen LogP contribution in [0.15, 0.2) is 65.8 Å². The fourth-order valence-corrected chi connectivity index (χ4v) is 4.63. The quantitative estimate of drug-likeness (QED) is 0.400. The number of hydrogen-bond donors (Lipinski definition) is 0. The van der Waals surface area contributed by atoms with Gasteiger partial charge in [0.2, 0.25) is 5.91 Å². The molecule has 4 rings (SSSR count). The largest absolute Gasteiger partial charge is 0.285 e. The minimum Gasteiger partial charge on any atom is -0.285 e. The number of halogens is 1. The first-order valence-corrected chi connectivity index (χ1v) is 10.9. The zero-order chi connectivity index (χ0) is 20.2. The Morgan fingerprint density at radius 3 is 2.83 bits per heavy atom. The van der Waals surface area contributed by atoms with Gasteiger partial charge in [-0.3, -0.25) is 14.4 Å². The molecule has 0 aliphatic rings. The van der Waals surface area contributed by atoms with Gasteiger partial charge in [0, 0.05) is 23.8 Å². The number of rotatable bonds is 7. The van der Waals surface area contributed by atoms with Gasteiger partial charge in [-0.1, -0.05) is 29.0 Å². The zero-order valence-corrected chi connectivity index (χ0v) is 17.4. The van der Waals surface area contributed by atoms with Crippen LogP contribution in [0.3, 0.4) is 0 Å². The summed E-state index contributed by atoms with van der Waals surface area (Å²) in [6, 6.07) is 14.4. The molecule has 0 N–H and O–H groups in total. The Labute approximate surface area is 176 Å². The topological polar surface area (TPSA) is 51.0 Å². The lowest BCUT2D eigenvalue weighted by Gasteiger charge is -2.19. The molecule has 5 nitrogen and oxygen atoms in total. The molecule has 2 heterocycles. The lowest BCUT2D eigenvalue weighted by Crippen LogP contribution is -2.35. The van der Waals surface area contributed by atoms with Crippen molar-refractivity contribution in [3.8, 4) is 0 Å². The standard InChI is InChI=1S/C21H19FN4OS2/c1-15-3-6-17(7-4-15)28-14-20(27)26(12-11-25-10-2-9-23-25)21-24-18-8-5-16(22)13-19(18)29-21/h2-10,13H,11-12,14H2,1H3. The van der Waals surface area contributed by atoms with Crippen LogP contribution >= 0.6 is 23.1 Å². The predicted molar refractivity (Wildman–Crippen MR) is 116 cm³/mol. The van der Waals surface area contributed by atoms with Crippen LogP contribution in [0.5, 0.6) is 0 Å². The van der Waals surface area contributed by atoms with Crippen LogP contribution in [0.4, 0.5) is 9.52 Å². The molecule has 0 saturated heterocycles. The Balaban J connectivity index is 1.54. The molecule has 1 amide bonds. The van der Waals surface area contributed by atoms with E-state index < -0.39 is 0 Å². The van der Waals surface area contributed by atoms with Crippen molar-refractivity contribution in [2.75, 3.05) is 17.2 Å². The van der Waals surface area contributed by atoms with Crippen molar-refractivity contribution in [2.24, 2.45) is 0 Å². The number of hydrogen-bond acceptors (Lipinski definition) is 5. The van der Waals surface area contributed by atoms with Crippen LogP contribution in [0.2, 0.25) is 0 Å². The van der Waals surface area contributed by atoms with E-state index in [0.29, 0.717) is 29.5 Å². The summed E-state index contributed by atoms with van der Waals surface area (Å²) in [5.74, 6) is -0.0498. The first-order valence-electron chi connectivity index (χ1n) is 9.12. The molecule has 4 aromatic rings. The van der Waals surface area contributed by atoms with E-state index in [1.807, 2.05) is 43.5 Å². The molecule has 148 valence electrons. The van der Waals surface area contributed by atoms with Gasteiger partial charge >= 0.3 is 0 Å². The number of aryl methyl sites for hydroxylation is 1. The van der Waals surface area contributed by atoms with E-state index in [2.05, 4.69) is 10.1 Å². The summed E-state index contributed by atoms with van der Waals surface area (Å²) >= 11 is 2.82. The predicted octanol–water partition coefficient (Wildman–Crippen LogP) is 4.77. The number of aromatic nitrogens is 3. The second-order valence-electron chi connectivity index (χ2n) is 6.52. The highest BCUT2D eigenvalue weighted by Crippen LogP contribution is 2.30. The smallest absolute Gasteiger partial charge is 0.239 e. The normalized spacial score (nSPS) is 11.1. The molecule has 0 aliphatic heterocycles. The zero-order valence-electron chi connectivity index (χ0n) is 15.8. The van der Waals surface area contributed by atoms with Gasteiger partial charge in [0.15, 0.2) is 5.13 Å². The fraction of sp³-hybridized carbons (Fsp3) is 0.190. The Morgan fingerprint density at radius 2 is 2.07 bits per heavy atom. The Kier molecular flexibility index (Phi) is 5.92. The van der Waals surface area contributed by atoms with Crippen LogP contribution < -0.4 is 4.90 Å². The Morgan fingerprint density at radius 1 is 1.24 bits per heavy atom. The van der Waals surface area contributed by atoms with Crippen molar-refractivity contribution in [2.45, 2.75) is 18.4 Å². The van der Waals surface area contributed by atoms with Gasteiger partial charge in [-0.15, -0.1) is 11.8 Å². The number of nitrogens with zero attached hydrogens (tertiary/aromatic N) is 4. The first kappa shape index (κ1) is 19.6. The van der Waals surface area contributed by atoms with E-state index in [1.54, 1.807) is 21.8 Å². The van der Waals surface area contributed by atoms with E-state index in [1.165, 1.54) is 40.8 Å². The van der Waals surface area contributed by atoms with Gasteiger partial charge in [-0.2, -0.15) is 5.10 Å². The fourth-order valence-electron chi connectivity index (χ4n) is 2.82. The highest BCUT2D eigenvalue weighted by atomic mass is 32.2. The van der Waals surface area contributed by atoms with Crippen molar-refractivity contribution in [1.29, 1.82) is 0 Å². The van der Waals surface area contributed by atoms with Crippen molar-refractivity contribution in [3.63, 3.8) is 0 Å². The molecule has 2 aromatic carbocycles. The summed E-state index contributed by atoms with van der Waals surface area (Å²) in [5, 5.41) is 4.78. The summed E-state index contributed by atoms with van der Waals surface area (Å²) in [7, 11) is 0. The van der Waals surface area contributed by atoms with Gasteiger partial charge in [0.1, 0.15) is 5.82 Å². The van der Waals surface area contributed by atoms with Crippen LogP contribution in [-0.2, 0) is 11.3 Å². The molecule has 0 radical (unpaired) electrons. The molecule has 0 aliphatic carbocycles. The van der Waals surface area contributed by atoms with E-state index in [4.69, 9.17) is 0 Å². The van der Waals surface area contributed by atoms with Crippen molar-refractivity contribution in [1.82, 2.24) is 14.8 Å². The van der Waals surface area contributed by atoms with E-state index in [-0.39, 0.29) is 11.7 Å². The number of amides is 1. The first-order chi connectivity index (χ1) is 14.1. The molecule has 0 saturated carbocycles. The van der Waals surface area contributed by atoms with Gasteiger partial charge in [-0.25, -0.2) is 9.37 Å². The van der Waals surface area contributed by atoms with E-state index >= 15 is 0 Å². The molecule has 0 spiro atoms. The molecule has 0 unspecified atom stereocenters. The number of thiazole rings is 1. The number of thioether (sulfide) groups is 1. The Bertz CT molecular complexity index is 1110. The average molecular weight is 427 g/mol. The highest BCUT2D eigenvalue weighted by molar-refractivity contribution is 8.00. The van der Waals surface area contributed by atoms with E-state index in [9.17, 15) is 9.18 Å². The van der Waals surface area contributed by atoms with E-state index in [0.717, 1.165) is 9.60 Å². The molecule has 2 aromatic heterocycles. The maximum absolute atomic E-state index is 13.6. The van der Waals surface area contributed by atoms with Crippen molar-refractivity contribution >= 4 is 44.4 Å². The molecule has 8 heteroatoms. The summed E-state index contributed by atoms with van der Waals surface area (Å²) in [4.78, 5) is 20.3. The lowest BCUT2D eigenvalue weighted by atomic mass is 10.2. The second kappa shape index (κ2) is 8.75. The Hall–Kier alpha value is -2.71. The van der Waals surface area contributed by atoms with Crippen LogP contribution in [0.1, 0.15) is 5.56 Å². The monoisotopic (exact) mass is 426 g/mol. The minimum atomic E-state index is -0.308. The third-order valence-corrected chi connectivity index (χ3v) is 6.40. The molecule has 29 heavy (non-hydrogen) atoms. The lowest BCUT2D eigenvalue weighted by molar-refractivity contribution is -0.116. The van der Waals surface area contributed by atoms with Crippen molar-refractivity contribution in [3.05, 3.63) is 72.3 Å². The third kappa shape index (κ3) is 4.83. The number of carbonyl (C=O) groups is 1. The van der Waals surface area contributed by atoms with Gasteiger partial charge in [-0.05, 0) is 43.3 Å². The minimum absolute atomic E-state index is 0.0396. The van der Waals surface area contributed by atoms with Crippen molar-refractivity contribution < 1.29 is 9.18 Å².